The molecule has 0 aromatic carbocycles. The molecule has 0 saturated heterocycles. The normalized spacial score (nSPS) is 10.2. The van der Waals surface area contributed by atoms with E-state index in [1.165, 1.54) is 0 Å². The molecule has 19 heavy (non-hydrogen) atoms. The van der Waals surface area contributed by atoms with Crippen LogP contribution in [0.25, 0.3) is 0 Å². The lowest BCUT2D eigenvalue weighted by Crippen LogP contribution is -2.24. The monoisotopic (exact) mass is 272 g/mol. The number of nitrogens with one attached hydrogen (secondary N) is 1. The minimum atomic E-state index is -0.133. The maximum atomic E-state index is 11.4. The third-order valence-electron chi connectivity index (χ3n) is 2.79. The van der Waals surface area contributed by atoms with Crippen molar-refractivity contribution in [2.75, 3.05) is 19.7 Å². The summed E-state index contributed by atoms with van der Waals surface area (Å²) in [5.74, 6) is -0.0196. The number of hydrogen-bond donors (Lipinski definition) is 2. The smallest absolute Gasteiger partial charge is 0.305 e. The Labute approximate surface area is 116 Å². The SMILES string of the molecule is CCOC(=O)CCCCCNC(=O)CCCCCN. The summed E-state index contributed by atoms with van der Waals surface area (Å²) in [6, 6.07) is 0. The minimum Gasteiger partial charge on any atom is -0.466 e. The van der Waals surface area contributed by atoms with E-state index < -0.39 is 0 Å². The molecular formula is C14H28N2O3. The summed E-state index contributed by atoms with van der Waals surface area (Å²) in [5.41, 5.74) is 5.38. The maximum absolute atomic E-state index is 11.4. The van der Waals surface area contributed by atoms with Crippen molar-refractivity contribution >= 4 is 11.9 Å². The Morgan fingerprint density at radius 1 is 1.00 bits per heavy atom. The van der Waals surface area contributed by atoms with Gasteiger partial charge in [0.05, 0.1) is 6.61 Å². The van der Waals surface area contributed by atoms with Crippen LogP contribution in [0.2, 0.25) is 0 Å². The van der Waals surface area contributed by atoms with Crippen LogP contribution in [0.1, 0.15) is 58.3 Å². The molecule has 0 radical (unpaired) electrons. The Balaban J connectivity index is 3.25. The Morgan fingerprint density at radius 2 is 1.68 bits per heavy atom. The van der Waals surface area contributed by atoms with E-state index in [0.717, 1.165) is 38.5 Å². The van der Waals surface area contributed by atoms with E-state index in [1.54, 1.807) is 6.92 Å². The largest absolute Gasteiger partial charge is 0.466 e. The zero-order valence-corrected chi connectivity index (χ0v) is 12.1. The first-order chi connectivity index (χ1) is 9.20. The molecule has 0 aliphatic carbocycles. The quantitative estimate of drug-likeness (QED) is 0.419. The van der Waals surface area contributed by atoms with Crippen molar-refractivity contribution in [3.05, 3.63) is 0 Å². The lowest BCUT2D eigenvalue weighted by atomic mass is 10.1. The van der Waals surface area contributed by atoms with Crippen molar-refractivity contribution in [2.45, 2.75) is 58.3 Å². The van der Waals surface area contributed by atoms with Crippen molar-refractivity contribution in [2.24, 2.45) is 5.73 Å². The molecule has 5 nitrogen and oxygen atoms in total. The lowest BCUT2D eigenvalue weighted by Gasteiger charge is -2.05. The first kappa shape index (κ1) is 17.9. The summed E-state index contributed by atoms with van der Waals surface area (Å²) >= 11 is 0. The van der Waals surface area contributed by atoms with Gasteiger partial charge in [0.25, 0.3) is 0 Å². The minimum absolute atomic E-state index is 0.113. The number of esters is 1. The molecule has 0 rings (SSSR count). The third-order valence-corrected chi connectivity index (χ3v) is 2.79. The van der Waals surface area contributed by atoms with Crippen LogP contribution < -0.4 is 11.1 Å². The molecule has 1 amide bonds. The van der Waals surface area contributed by atoms with Gasteiger partial charge in [-0.15, -0.1) is 0 Å². The molecule has 0 unspecified atom stereocenters. The number of carbonyl (C=O) groups excluding carboxylic acids is 2. The van der Waals surface area contributed by atoms with Gasteiger partial charge in [-0.25, -0.2) is 0 Å². The van der Waals surface area contributed by atoms with Crippen molar-refractivity contribution < 1.29 is 14.3 Å². The first-order valence-corrected chi connectivity index (χ1v) is 7.33. The zero-order valence-electron chi connectivity index (χ0n) is 12.1. The molecular weight excluding hydrogens is 244 g/mol. The van der Waals surface area contributed by atoms with Crippen LogP contribution >= 0.6 is 0 Å². The van der Waals surface area contributed by atoms with Gasteiger partial charge in [-0.05, 0) is 39.2 Å². The van der Waals surface area contributed by atoms with Crippen molar-refractivity contribution in [1.29, 1.82) is 0 Å². The second-order valence-corrected chi connectivity index (χ2v) is 4.56. The summed E-state index contributed by atoms with van der Waals surface area (Å²) in [5, 5.41) is 2.89. The van der Waals surface area contributed by atoms with E-state index in [1.807, 2.05) is 0 Å². The predicted molar refractivity (Wildman–Crippen MR) is 75.6 cm³/mol. The van der Waals surface area contributed by atoms with Gasteiger partial charge in [0, 0.05) is 19.4 Å². The Kier molecular flexibility index (Phi) is 12.6. The van der Waals surface area contributed by atoms with Crippen molar-refractivity contribution in [1.82, 2.24) is 5.32 Å². The highest BCUT2D eigenvalue weighted by atomic mass is 16.5. The highest BCUT2D eigenvalue weighted by Crippen LogP contribution is 2.01. The Hall–Kier alpha value is -1.10. The van der Waals surface area contributed by atoms with Gasteiger partial charge in [-0.2, -0.15) is 0 Å². The topological polar surface area (TPSA) is 81.4 Å². The average molecular weight is 272 g/mol. The third kappa shape index (κ3) is 13.1. The summed E-state index contributed by atoms with van der Waals surface area (Å²) in [7, 11) is 0. The summed E-state index contributed by atoms with van der Waals surface area (Å²) in [4.78, 5) is 22.5. The molecule has 5 heteroatoms. The van der Waals surface area contributed by atoms with Gasteiger partial charge in [0.2, 0.25) is 5.91 Å². The first-order valence-electron chi connectivity index (χ1n) is 7.33. The molecule has 0 aromatic rings. The van der Waals surface area contributed by atoms with Gasteiger partial charge in [-0.1, -0.05) is 12.8 Å². The molecule has 112 valence electrons. The molecule has 0 bridgehead atoms. The van der Waals surface area contributed by atoms with E-state index in [9.17, 15) is 9.59 Å². The molecule has 0 aliphatic rings. The number of unbranched alkanes of at least 4 members (excludes halogenated alkanes) is 4. The fraction of sp³-hybridized carbons (Fsp3) is 0.857. The number of carbonyl (C=O) groups is 2. The molecule has 0 saturated carbocycles. The van der Waals surface area contributed by atoms with Crippen LogP contribution in [0.4, 0.5) is 0 Å². The fourth-order valence-electron chi connectivity index (χ4n) is 1.73. The van der Waals surface area contributed by atoms with E-state index in [2.05, 4.69) is 5.32 Å². The maximum Gasteiger partial charge on any atom is 0.305 e. The summed E-state index contributed by atoms with van der Waals surface area (Å²) in [6.07, 6.45) is 6.64. The van der Waals surface area contributed by atoms with Crippen LogP contribution in [0.3, 0.4) is 0 Å². The predicted octanol–water partition coefficient (Wildman–Crippen LogP) is 1.75. The summed E-state index contributed by atoms with van der Waals surface area (Å²) < 4.78 is 4.83. The highest BCUT2D eigenvalue weighted by Gasteiger charge is 2.02. The average Bonchev–Trinajstić information content (AvgIpc) is 2.39. The van der Waals surface area contributed by atoms with Crippen molar-refractivity contribution in [3.63, 3.8) is 0 Å². The van der Waals surface area contributed by atoms with E-state index in [0.29, 0.717) is 32.5 Å². The van der Waals surface area contributed by atoms with Gasteiger partial charge in [0.15, 0.2) is 0 Å². The standard InChI is InChI=1S/C14H28N2O3/c1-2-19-14(18)10-6-4-8-12-16-13(17)9-5-3-7-11-15/h2-12,15H2,1H3,(H,16,17). The highest BCUT2D eigenvalue weighted by molar-refractivity contribution is 5.75. The van der Waals surface area contributed by atoms with Crippen LogP contribution in [0.15, 0.2) is 0 Å². The molecule has 3 N–H and O–H groups in total. The molecule has 0 aromatic heterocycles. The van der Waals surface area contributed by atoms with Gasteiger partial charge in [0.1, 0.15) is 0 Å². The van der Waals surface area contributed by atoms with Crippen LogP contribution in [0.5, 0.6) is 0 Å². The zero-order chi connectivity index (χ0) is 14.3. The fourth-order valence-corrected chi connectivity index (χ4v) is 1.73. The summed E-state index contributed by atoms with van der Waals surface area (Å²) in [6.45, 7) is 3.64. The molecule has 0 heterocycles. The number of nitrogens with two attached hydrogens (primary N) is 1. The molecule has 0 spiro atoms. The van der Waals surface area contributed by atoms with E-state index in [4.69, 9.17) is 10.5 Å². The van der Waals surface area contributed by atoms with E-state index in [-0.39, 0.29) is 11.9 Å². The van der Waals surface area contributed by atoms with Crippen LogP contribution in [-0.4, -0.2) is 31.6 Å². The molecule has 0 fully saturated rings. The van der Waals surface area contributed by atoms with Crippen LogP contribution in [0, 0.1) is 0 Å². The molecule has 0 atom stereocenters. The Morgan fingerprint density at radius 3 is 2.37 bits per heavy atom. The second kappa shape index (κ2) is 13.3. The van der Waals surface area contributed by atoms with Gasteiger partial charge >= 0.3 is 5.97 Å². The molecule has 0 aliphatic heterocycles. The number of rotatable bonds is 12. The van der Waals surface area contributed by atoms with Gasteiger partial charge < -0.3 is 15.8 Å². The second-order valence-electron chi connectivity index (χ2n) is 4.56. The van der Waals surface area contributed by atoms with Crippen molar-refractivity contribution in [3.8, 4) is 0 Å². The Bertz CT molecular complexity index is 245. The number of amides is 1. The van der Waals surface area contributed by atoms with E-state index >= 15 is 0 Å². The van der Waals surface area contributed by atoms with Crippen LogP contribution in [-0.2, 0) is 14.3 Å². The van der Waals surface area contributed by atoms with Gasteiger partial charge in [-0.3, -0.25) is 9.59 Å². The number of hydrogen-bond acceptors (Lipinski definition) is 4. The lowest BCUT2D eigenvalue weighted by molar-refractivity contribution is -0.143. The number of ether oxygens (including phenoxy) is 1.